The second-order valence-electron chi connectivity index (χ2n) is 8.02. The lowest BCUT2D eigenvalue weighted by Crippen LogP contribution is -2.46. The van der Waals surface area contributed by atoms with Crippen LogP contribution in [0.3, 0.4) is 0 Å². The van der Waals surface area contributed by atoms with E-state index in [2.05, 4.69) is 9.88 Å². The first-order chi connectivity index (χ1) is 16.8. The number of oxazole rings is 1. The van der Waals surface area contributed by atoms with Crippen LogP contribution in [-0.4, -0.2) is 39.6 Å². The molecule has 0 aliphatic carbocycles. The molecular formula is C25H20Cl2FN3O3S. The number of hydrogen-bond donors (Lipinski definition) is 0. The third kappa shape index (κ3) is 4.74. The van der Waals surface area contributed by atoms with E-state index in [1.54, 1.807) is 12.1 Å². The SMILES string of the molecule is O=S(=O)(c1ccc(Cl)cc1)c1nc(-c2ccccc2F)oc1N1CCN(c2cccc(Cl)c2)CC1. The Balaban J connectivity index is 1.52. The molecule has 1 aromatic heterocycles. The summed E-state index contributed by atoms with van der Waals surface area (Å²) in [6.45, 7) is 2.16. The molecule has 1 aliphatic rings. The van der Waals surface area contributed by atoms with Crippen molar-refractivity contribution in [3.63, 3.8) is 0 Å². The van der Waals surface area contributed by atoms with E-state index in [0.29, 0.717) is 36.2 Å². The Bertz CT molecular complexity index is 1470. The van der Waals surface area contributed by atoms with Crippen LogP contribution in [0, 0.1) is 5.82 Å². The first-order valence-corrected chi connectivity index (χ1v) is 13.1. The monoisotopic (exact) mass is 531 g/mol. The lowest BCUT2D eigenvalue weighted by Gasteiger charge is -2.36. The lowest BCUT2D eigenvalue weighted by molar-refractivity contribution is 0.521. The highest BCUT2D eigenvalue weighted by atomic mass is 35.5. The van der Waals surface area contributed by atoms with Crippen LogP contribution in [0.15, 0.2) is 87.1 Å². The smallest absolute Gasteiger partial charge is 0.236 e. The van der Waals surface area contributed by atoms with Crippen LogP contribution < -0.4 is 9.80 Å². The van der Waals surface area contributed by atoms with Gasteiger partial charge in [-0.25, -0.2) is 12.8 Å². The molecule has 0 amide bonds. The van der Waals surface area contributed by atoms with Crippen LogP contribution >= 0.6 is 23.2 Å². The maximum atomic E-state index is 14.5. The molecule has 5 rings (SSSR count). The minimum absolute atomic E-state index is 0.0223. The summed E-state index contributed by atoms with van der Waals surface area (Å²) in [6.07, 6.45) is 0. The van der Waals surface area contributed by atoms with E-state index < -0.39 is 15.7 Å². The van der Waals surface area contributed by atoms with Gasteiger partial charge in [-0.3, -0.25) is 0 Å². The van der Waals surface area contributed by atoms with Crippen molar-refractivity contribution in [2.24, 2.45) is 0 Å². The molecule has 0 unspecified atom stereocenters. The molecule has 4 aromatic rings. The molecule has 6 nitrogen and oxygen atoms in total. The van der Waals surface area contributed by atoms with Crippen molar-refractivity contribution in [2.45, 2.75) is 9.92 Å². The summed E-state index contributed by atoms with van der Waals surface area (Å²) in [5.74, 6) is -0.562. The number of anilines is 2. The number of sulfone groups is 1. The zero-order chi connectivity index (χ0) is 24.6. The third-order valence-electron chi connectivity index (χ3n) is 5.80. The van der Waals surface area contributed by atoms with Crippen LogP contribution in [0.25, 0.3) is 11.5 Å². The summed E-state index contributed by atoms with van der Waals surface area (Å²) in [6, 6.07) is 19.3. The predicted octanol–water partition coefficient (Wildman–Crippen LogP) is 5.95. The number of benzene rings is 3. The van der Waals surface area contributed by atoms with Gasteiger partial charge in [0.15, 0.2) is 0 Å². The van der Waals surface area contributed by atoms with Crippen molar-refractivity contribution in [3.05, 3.63) is 88.7 Å². The molecular weight excluding hydrogens is 512 g/mol. The molecule has 35 heavy (non-hydrogen) atoms. The van der Waals surface area contributed by atoms with E-state index >= 15 is 0 Å². The van der Waals surface area contributed by atoms with Gasteiger partial charge in [-0.15, -0.1) is 0 Å². The van der Waals surface area contributed by atoms with Crippen molar-refractivity contribution in [1.82, 2.24) is 4.98 Å². The van der Waals surface area contributed by atoms with E-state index in [4.69, 9.17) is 27.6 Å². The molecule has 3 aromatic carbocycles. The average Bonchev–Trinajstić information content (AvgIpc) is 3.31. The largest absolute Gasteiger partial charge is 0.419 e. The van der Waals surface area contributed by atoms with Gasteiger partial charge in [-0.1, -0.05) is 41.4 Å². The van der Waals surface area contributed by atoms with Crippen LogP contribution in [0.2, 0.25) is 10.0 Å². The van der Waals surface area contributed by atoms with Crippen molar-refractivity contribution in [2.75, 3.05) is 36.0 Å². The normalized spacial score (nSPS) is 14.4. The fourth-order valence-electron chi connectivity index (χ4n) is 3.99. The molecule has 2 heterocycles. The minimum atomic E-state index is -4.07. The van der Waals surface area contributed by atoms with Gasteiger partial charge in [0, 0.05) is 41.9 Å². The van der Waals surface area contributed by atoms with E-state index in [9.17, 15) is 12.8 Å². The number of hydrogen-bond acceptors (Lipinski definition) is 6. The van der Waals surface area contributed by atoms with Gasteiger partial charge in [0.05, 0.1) is 10.5 Å². The molecule has 1 fully saturated rings. The molecule has 0 saturated carbocycles. The van der Waals surface area contributed by atoms with E-state index in [0.717, 1.165) is 5.69 Å². The summed E-state index contributed by atoms with van der Waals surface area (Å²) in [4.78, 5) is 8.27. The van der Waals surface area contributed by atoms with Crippen LogP contribution in [0.4, 0.5) is 16.0 Å². The number of rotatable bonds is 5. The zero-order valence-corrected chi connectivity index (χ0v) is 20.7. The highest BCUT2D eigenvalue weighted by molar-refractivity contribution is 7.91. The molecule has 0 spiro atoms. The maximum absolute atomic E-state index is 14.5. The molecule has 0 radical (unpaired) electrons. The summed E-state index contributed by atoms with van der Waals surface area (Å²) >= 11 is 12.1. The van der Waals surface area contributed by atoms with Gasteiger partial charge in [0.1, 0.15) is 5.82 Å². The molecule has 0 atom stereocenters. The third-order valence-corrected chi connectivity index (χ3v) is 7.96. The standard InChI is InChI=1S/C25H20Cl2FN3O3S/c26-17-8-10-20(11-9-17)35(32,33)24-25(34-23(29-24)21-6-1-2-7-22(21)28)31-14-12-30(13-15-31)19-5-3-4-18(27)16-19/h1-11,16H,12-15H2. The number of piperazine rings is 1. The van der Waals surface area contributed by atoms with Crippen molar-refractivity contribution >= 4 is 44.6 Å². The zero-order valence-electron chi connectivity index (χ0n) is 18.4. The highest BCUT2D eigenvalue weighted by Crippen LogP contribution is 2.36. The van der Waals surface area contributed by atoms with E-state index in [1.165, 1.54) is 36.4 Å². The van der Waals surface area contributed by atoms with Gasteiger partial charge >= 0.3 is 0 Å². The molecule has 10 heteroatoms. The first kappa shape index (κ1) is 23.7. The lowest BCUT2D eigenvalue weighted by atomic mass is 10.2. The Kier molecular flexibility index (Phi) is 6.44. The Morgan fingerprint density at radius 1 is 0.829 bits per heavy atom. The van der Waals surface area contributed by atoms with E-state index in [1.807, 2.05) is 29.2 Å². The molecule has 1 aliphatic heterocycles. The fraction of sp³-hybridized carbons (Fsp3) is 0.160. The summed E-state index contributed by atoms with van der Waals surface area (Å²) in [5, 5.41) is 0.800. The Morgan fingerprint density at radius 2 is 1.51 bits per heavy atom. The quantitative estimate of drug-likeness (QED) is 0.317. The second kappa shape index (κ2) is 9.53. The van der Waals surface area contributed by atoms with Crippen LogP contribution in [-0.2, 0) is 9.84 Å². The van der Waals surface area contributed by atoms with Gasteiger partial charge < -0.3 is 14.2 Å². The first-order valence-electron chi connectivity index (χ1n) is 10.8. The minimum Gasteiger partial charge on any atom is -0.419 e. The number of halogens is 3. The summed E-state index contributed by atoms with van der Waals surface area (Å²) in [5.41, 5.74) is 1.07. The second-order valence-corrected chi connectivity index (χ2v) is 10.8. The predicted molar refractivity (Wildman–Crippen MR) is 135 cm³/mol. The topological polar surface area (TPSA) is 66.7 Å². The maximum Gasteiger partial charge on any atom is 0.236 e. The fourth-order valence-corrected chi connectivity index (χ4v) is 5.62. The molecule has 1 saturated heterocycles. The van der Waals surface area contributed by atoms with Crippen molar-refractivity contribution < 1.29 is 17.2 Å². The van der Waals surface area contributed by atoms with Gasteiger partial charge in [0.25, 0.3) is 0 Å². The van der Waals surface area contributed by atoms with Crippen LogP contribution in [0.5, 0.6) is 0 Å². The molecule has 0 N–H and O–H groups in total. The molecule has 180 valence electrons. The molecule has 0 bridgehead atoms. The van der Waals surface area contributed by atoms with Gasteiger partial charge in [-0.2, -0.15) is 4.98 Å². The van der Waals surface area contributed by atoms with Crippen LogP contribution in [0.1, 0.15) is 0 Å². The Hall–Kier alpha value is -3.07. The van der Waals surface area contributed by atoms with Gasteiger partial charge in [-0.05, 0) is 54.6 Å². The summed E-state index contributed by atoms with van der Waals surface area (Å²) < 4.78 is 47.5. The van der Waals surface area contributed by atoms with Crippen molar-refractivity contribution in [3.8, 4) is 11.5 Å². The highest BCUT2D eigenvalue weighted by Gasteiger charge is 2.33. The number of nitrogens with zero attached hydrogens (tertiary/aromatic N) is 3. The van der Waals surface area contributed by atoms with Crippen molar-refractivity contribution in [1.29, 1.82) is 0 Å². The Labute approximate surface area is 212 Å². The number of aromatic nitrogens is 1. The Morgan fingerprint density at radius 3 is 2.20 bits per heavy atom. The van der Waals surface area contributed by atoms with Gasteiger partial charge in [0.2, 0.25) is 26.6 Å². The summed E-state index contributed by atoms with van der Waals surface area (Å²) in [7, 11) is -4.07. The van der Waals surface area contributed by atoms with E-state index in [-0.39, 0.29) is 27.3 Å². The average molecular weight is 532 g/mol.